The number of rotatable bonds is 3. The summed E-state index contributed by atoms with van der Waals surface area (Å²) in [7, 11) is 0. The lowest BCUT2D eigenvalue weighted by Crippen LogP contribution is -2.49. The van der Waals surface area contributed by atoms with Gasteiger partial charge in [-0.2, -0.15) is 4.98 Å². The fraction of sp³-hybridized carbons (Fsp3) is 0.438. The number of aryl methyl sites for hydroxylation is 1. The number of halogens is 2. The number of nitrogen functional groups attached to an aromatic ring is 1. The van der Waals surface area contributed by atoms with Crippen LogP contribution in [0.3, 0.4) is 0 Å². The van der Waals surface area contributed by atoms with Gasteiger partial charge in [0.15, 0.2) is 5.82 Å². The third-order valence-corrected chi connectivity index (χ3v) is 4.24. The van der Waals surface area contributed by atoms with Gasteiger partial charge in [0.25, 0.3) is 5.91 Å². The van der Waals surface area contributed by atoms with Crippen LogP contribution in [0, 0.1) is 6.92 Å². The highest BCUT2D eigenvalue weighted by Gasteiger charge is 2.28. The topological polar surface area (TPSA) is 88.5 Å². The van der Waals surface area contributed by atoms with Crippen molar-refractivity contribution in [1.82, 2.24) is 19.9 Å². The Bertz CT molecular complexity index is 701. The van der Waals surface area contributed by atoms with Crippen LogP contribution in [0.5, 0.6) is 0 Å². The maximum absolute atomic E-state index is 12.6. The van der Waals surface area contributed by atoms with Crippen LogP contribution in [0.25, 0.3) is 0 Å². The average molecular weight is 388 g/mol. The van der Waals surface area contributed by atoms with Crippen LogP contribution in [0.2, 0.25) is 0 Å². The lowest BCUT2D eigenvalue weighted by atomic mass is 10.1. The summed E-state index contributed by atoms with van der Waals surface area (Å²) < 4.78 is 5.24. The van der Waals surface area contributed by atoms with Gasteiger partial charge in [-0.05, 0) is 26.0 Å². The van der Waals surface area contributed by atoms with Crippen molar-refractivity contribution in [2.45, 2.75) is 19.9 Å². The predicted octanol–water partition coefficient (Wildman–Crippen LogP) is 2.32. The number of nitrogens with two attached hydrogens (primary N) is 1. The first-order valence-electron chi connectivity index (χ1n) is 7.74. The zero-order valence-electron chi connectivity index (χ0n) is 14.2. The molecule has 138 valence electrons. The normalized spacial score (nSPS) is 15.8. The number of anilines is 1. The van der Waals surface area contributed by atoms with Crippen molar-refractivity contribution >= 4 is 36.4 Å². The Morgan fingerprint density at radius 1 is 1.20 bits per heavy atom. The molecule has 1 fully saturated rings. The van der Waals surface area contributed by atoms with E-state index in [1.165, 1.54) is 0 Å². The molecule has 0 aliphatic carbocycles. The molecule has 1 saturated heterocycles. The molecule has 2 N–H and O–H groups in total. The summed E-state index contributed by atoms with van der Waals surface area (Å²) in [4.78, 5) is 20.9. The first-order chi connectivity index (χ1) is 11.1. The molecule has 1 atom stereocenters. The lowest BCUT2D eigenvalue weighted by molar-refractivity contribution is 0.0552. The van der Waals surface area contributed by atoms with Gasteiger partial charge in [0.05, 0.1) is 11.6 Å². The van der Waals surface area contributed by atoms with Gasteiger partial charge in [0.1, 0.15) is 0 Å². The summed E-state index contributed by atoms with van der Waals surface area (Å²) >= 11 is 0. The third-order valence-electron chi connectivity index (χ3n) is 4.24. The Hall–Kier alpha value is -1.83. The van der Waals surface area contributed by atoms with Crippen molar-refractivity contribution in [3.8, 4) is 0 Å². The van der Waals surface area contributed by atoms with Gasteiger partial charge in [-0.15, -0.1) is 24.8 Å². The summed E-state index contributed by atoms with van der Waals surface area (Å²) in [5.74, 6) is 1.25. The average Bonchev–Trinajstić information content (AvgIpc) is 3.01. The van der Waals surface area contributed by atoms with E-state index >= 15 is 0 Å². The minimum Gasteiger partial charge on any atom is -0.398 e. The SMILES string of the molecule is Cc1noc(C(C)N2CCN(C(=O)c3ccccc3N)CC2)n1.Cl.Cl. The highest BCUT2D eigenvalue weighted by molar-refractivity contribution is 5.99. The van der Waals surface area contributed by atoms with Gasteiger partial charge in [0.2, 0.25) is 5.89 Å². The molecular weight excluding hydrogens is 365 g/mol. The summed E-state index contributed by atoms with van der Waals surface area (Å²) in [6.07, 6.45) is 0. The van der Waals surface area contributed by atoms with E-state index in [2.05, 4.69) is 15.0 Å². The van der Waals surface area contributed by atoms with Crippen molar-refractivity contribution in [2.75, 3.05) is 31.9 Å². The molecule has 9 heteroatoms. The fourth-order valence-corrected chi connectivity index (χ4v) is 2.81. The van der Waals surface area contributed by atoms with Gasteiger partial charge in [-0.3, -0.25) is 9.69 Å². The Labute approximate surface area is 159 Å². The standard InChI is InChI=1S/C16H21N5O2.2ClH/c1-11(15-18-12(2)19-23-15)20-7-9-21(10-8-20)16(22)13-5-3-4-6-14(13)17;;/h3-6,11H,7-10,17H2,1-2H3;2*1H. The van der Waals surface area contributed by atoms with Gasteiger partial charge >= 0.3 is 0 Å². The highest BCUT2D eigenvalue weighted by atomic mass is 35.5. The van der Waals surface area contributed by atoms with E-state index in [0.29, 0.717) is 36.1 Å². The Balaban J connectivity index is 0.00000156. The number of aromatic nitrogens is 2. The number of piperazine rings is 1. The van der Waals surface area contributed by atoms with Crippen LogP contribution >= 0.6 is 24.8 Å². The Morgan fingerprint density at radius 2 is 1.84 bits per heavy atom. The van der Waals surface area contributed by atoms with Crippen LogP contribution in [0.1, 0.15) is 35.0 Å². The fourth-order valence-electron chi connectivity index (χ4n) is 2.81. The summed E-state index contributed by atoms with van der Waals surface area (Å²) in [6, 6.07) is 7.24. The summed E-state index contributed by atoms with van der Waals surface area (Å²) in [6.45, 7) is 6.69. The molecular formula is C16H23Cl2N5O2. The van der Waals surface area contributed by atoms with E-state index in [1.54, 1.807) is 19.1 Å². The summed E-state index contributed by atoms with van der Waals surface area (Å²) in [5.41, 5.74) is 6.99. The number of carbonyl (C=O) groups is 1. The number of para-hydroxylation sites is 1. The molecule has 0 bridgehead atoms. The van der Waals surface area contributed by atoms with Crippen LogP contribution < -0.4 is 5.73 Å². The molecule has 3 rings (SSSR count). The lowest BCUT2D eigenvalue weighted by Gasteiger charge is -2.37. The second-order valence-corrected chi connectivity index (χ2v) is 5.77. The van der Waals surface area contributed by atoms with E-state index in [4.69, 9.17) is 10.3 Å². The second-order valence-electron chi connectivity index (χ2n) is 5.77. The van der Waals surface area contributed by atoms with Crippen LogP contribution in [0.15, 0.2) is 28.8 Å². The molecule has 0 saturated carbocycles. The molecule has 2 aromatic rings. The monoisotopic (exact) mass is 387 g/mol. The van der Waals surface area contributed by atoms with E-state index in [-0.39, 0.29) is 36.8 Å². The molecule has 1 unspecified atom stereocenters. The smallest absolute Gasteiger partial charge is 0.256 e. The number of benzene rings is 1. The molecule has 0 radical (unpaired) electrons. The quantitative estimate of drug-likeness (QED) is 0.812. The molecule has 2 heterocycles. The molecule has 25 heavy (non-hydrogen) atoms. The van der Waals surface area contributed by atoms with Crippen molar-refractivity contribution in [3.05, 3.63) is 41.5 Å². The number of hydrogen-bond donors (Lipinski definition) is 1. The second kappa shape index (κ2) is 9.03. The number of nitrogens with zero attached hydrogens (tertiary/aromatic N) is 4. The predicted molar refractivity (Wildman–Crippen MR) is 100 cm³/mol. The van der Waals surface area contributed by atoms with Crippen LogP contribution in [-0.4, -0.2) is 52.0 Å². The van der Waals surface area contributed by atoms with Crippen LogP contribution in [-0.2, 0) is 0 Å². The van der Waals surface area contributed by atoms with E-state index in [9.17, 15) is 4.79 Å². The minimum atomic E-state index is -0.0102. The maximum atomic E-state index is 12.6. The third kappa shape index (κ3) is 4.62. The molecule has 0 spiro atoms. The van der Waals surface area contributed by atoms with Crippen molar-refractivity contribution in [2.24, 2.45) is 0 Å². The largest absolute Gasteiger partial charge is 0.398 e. The van der Waals surface area contributed by atoms with E-state index in [0.717, 1.165) is 13.1 Å². The van der Waals surface area contributed by atoms with Gasteiger partial charge in [-0.25, -0.2) is 0 Å². The molecule has 7 nitrogen and oxygen atoms in total. The number of carbonyl (C=O) groups excluding carboxylic acids is 1. The van der Waals surface area contributed by atoms with E-state index < -0.39 is 0 Å². The number of amides is 1. The van der Waals surface area contributed by atoms with Gasteiger partial charge in [0, 0.05) is 31.9 Å². The van der Waals surface area contributed by atoms with Crippen molar-refractivity contribution in [1.29, 1.82) is 0 Å². The zero-order chi connectivity index (χ0) is 16.4. The maximum Gasteiger partial charge on any atom is 0.256 e. The van der Waals surface area contributed by atoms with Gasteiger partial charge < -0.3 is 15.2 Å². The minimum absolute atomic E-state index is 0. The number of hydrogen-bond acceptors (Lipinski definition) is 6. The summed E-state index contributed by atoms with van der Waals surface area (Å²) in [5, 5.41) is 3.83. The Morgan fingerprint density at radius 3 is 2.40 bits per heavy atom. The molecule has 1 aliphatic rings. The molecule has 1 aromatic heterocycles. The molecule has 1 aromatic carbocycles. The van der Waals surface area contributed by atoms with Crippen molar-refractivity contribution < 1.29 is 9.32 Å². The zero-order valence-corrected chi connectivity index (χ0v) is 15.8. The van der Waals surface area contributed by atoms with Crippen molar-refractivity contribution in [3.63, 3.8) is 0 Å². The highest BCUT2D eigenvalue weighted by Crippen LogP contribution is 2.21. The van der Waals surface area contributed by atoms with E-state index in [1.807, 2.05) is 24.0 Å². The molecule has 1 amide bonds. The molecule has 1 aliphatic heterocycles. The Kier molecular flexibility index (Phi) is 7.66. The first-order valence-corrected chi connectivity index (χ1v) is 7.74. The van der Waals surface area contributed by atoms with Crippen LogP contribution in [0.4, 0.5) is 5.69 Å². The van der Waals surface area contributed by atoms with Gasteiger partial charge in [-0.1, -0.05) is 17.3 Å². The first kappa shape index (κ1) is 21.2.